The summed E-state index contributed by atoms with van der Waals surface area (Å²) in [5.74, 6) is 1.19. The van der Waals surface area contributed by atoms with E-state index in [4.69, 9.17) is 16.3 Å². The zero-order valence-electron chi connectivity index (χ0n) is 9.90. The van der Waals surface area contributed by atoms with E-state index in [0.717, 1.165) is 29.9 Å². The molecule has 0 saturated carbocycles. The molecule has 1 atom stereocenters. The first-order valence-corrected chi connectivity index (χ1v) is 6.63. The summed E-state index contributed by atoms with van der Waals surface area (Å²) in [4.78, 5) is 4.54. The van der Waals surface area contributed by atoms with E-state index in [1.807, 2.05) is 0 Å². The second-order valence-electron chi connectivity index (χ2n) is 4.49. The summed E-state index contributed by atoms with van der Waals surface area (Å²) in [5.41, 5.74) is 1.66. The van der Waals surface area contributed by atoms with Gasteiger partial charge in [-0.15, -0.1) is 11.6 Å². The van der Waals surface area contributed by atoms with Crippen molar-refractivity contribution in [3.8, 4) is 0 Å². The van der Waals surface area contributed by atoms with Crippen LogP contribution in [0.1, 0.15) is 18.3 Å². The number of aromatic nitrogens is 2. The molecule has 18 heavy (non-hydrogen) atoms. The third-order valence-electron chi connectivity index (χ3n) is 3.31. The maximum atomic E-state index is 13.4. The topological polar surface area (TPSA) is 27.1 Å². The Balaban J connectivity index is 2.16. The van der Waals surface area contributed by atoms with E-state index in [0.29, 0.717) is 18.9 Å². The van der Waals surface area contributed by atoms with E-state index >= 15 is 0 Å². The van der Waals surface area contributed by atoms with Crippen LogP contribution in [0.25, 0.3) is 11.0 Å². The summed E-state index contributed by atoms with van der Waals surface area (Å²) >= 11 is 5.81. The largest absolute Gasteiger partial charge is 0.379 e. The SMILES string of the molecule is Fc1ccc2nc(CCCl)n(C3CCOC3)c2c1. The molecule has 1 aromatic carbocycles. The Labute approximate surface area is 110 Å². The number of aryl methyl sites for hydroxylation is 1. The van der Waals surface area contributed by atoms with Crippen LogP contribution in [0, 0.1) is 5.82 Å². The second-order valence-corrected chi connectivity index (χ2v) is 4.87. The van der Waals surface area contributed by atoms with Gasteiger partial charge in [0, 0.05) is 18.9 Å². The van der Waals surface area contributed by atoms with Crippen molar-refractivity contribution in [2.24, 2.45) is 0 Å². The van der Waals surface area contributed by atoms with Crippen LogP contribution in [0.15, 0.2) is 18.2 Å². The van der Waals surface area contributed by atoms with Crippen molar-refractivity contribution in [1.29, 1.82) is 0 Å². The molecule has 2 aromatic rings. The van der Waals surface area contributed by atoms with Gasteiger partial charge in [0.25, 0.3) is 0 Å². The van der Waals surface area contributed by atoms with Gasteiger partial charge in [0.2, 0.25) is 0 Å². The third-order valence-corrected chi connectivity index (χ3v) is 3.50. The van der Waals surface area contributed by atoms with Crippen LogP contribution < -0.4 is 0 Å². The van der Waals surface area contributed by atoms with Crippen LogP contribution in [0.2, 0.25) is 0 Å². The Morgan fingerprint density at radius 3 is 3.11 bits per heavy atom. The van der Waals surface area contributed by atoms with E-state index in [1.165, 1.54) is 6.07 Å². The van der Waals surface area contributed by atoms with Crippen LogP contribution in [0.4, 0.5) is 4.39 Å². The first-order chi connectivity index (χ1) is 8.79. The zero-order valence-corrected chi connectivity index (χ0v) is 10.7. The van der Waals surface area contributed by atoms with E-state index in [9.17, 15) is 4.39 Å². The molecule has 1 fully saturated rings. The van der Waals surface area contributed by atoms with Crippen molar-refractivity contribution in [3.05, 3.63) is 29.8 Å². The number of halogens is 2. The molecule has 0 N–H and O–H groups in total. The van der Waals surface area contributed by atoms with Crippen molar-refractivity contribution in [1.82, 2.24) is 9.55 Å². The second kappa shape index (κ2) is 4.86. The van der Waals surface area contributed by atoms with Crippen molar-refractivity contribution in [2.75, 3.05) is 19.1 Å². The third kappa shape index (κ3) is 1.99. The van der Waals surface area contributed by atoms with Gasteiger partial charge >= 0.3 is 0 Å². The van der Waals surface area contributed by atoms with E-state index in [2.05, 4.69) is 9.55 Å². The number of ether oxygens (including phenoxy) is 1. The number of nitrogens with zero attached hydrogens (tertiary/aromatic N) is 2. The lowest BCUT2D eigenvalue weighted by Gasteiger charge is -2.14. The monoisotopic (exact) mass is 268 g/mol. The molecule has 3 rings (SSSR count). The summed E-state index contributed by atoms with van der Waals surface area (Å²) in [7, 11) is 0. The smallest absolute Gasteiger partial charge is 0.125 e. The van der Waals surface area contributed by atoms with Gasteiger partial charge in [-0.05, 0) is 24.6 Å². The lowest BCUT2D eigenvalue weighted by Crippen LogP contribution is -2.12. The first-order valence-electron chi connectivity index (χ1n) is 6.09. The van der Waals surface area contributed by atoms with E-state index in [-0.39, 0.29) is 11.9 Å². The van der Waals surface area contributed by atoms with Crippen LogP contribution in [0.3, 0.4) is 0 Å². The molecule has 3 nitrogen and oxygen atoms in total. The Kier molecular flexibility index (Phi) is 3.22. The Bertz CT molecular complexity index is 563. The summed E-state index contributed by atoms with van der Waals surface area (Å²) in [5, 5.41) is 0. The van der Waals surface area contributed by atoms with Crippen molar-refractivity contribution in [3.63, 3.8) is 0 Å². The van der Waals surface area contributed by atoms with Gasteiger partial charge in [-0.3, -0.25) is 0 Å². The minimum Gasteiger partial charge on any atom is -0.379 e. The molecule has 1 aliphatic heterocycles. The molecule has 5 heteroatoms. The first kappa shape index (κ1) is 11.9. The predicted octanol–water partition coefficient (Wildman–Crippen LogP) is 2.92. The van der Waals surface area contributed by atoms with Crippen molar-refractivity contribution >= 4 is 22.6 Å². The Morgan fingerprint density at radius 1 is 1.50 bits per heavy atom. The molecule has 1 aromatic heterocycles. The Hall–Kier alpha value is -1.13. The molecule has 1 saturated heterocycles. The molecule has 96 valence electrons. The van der Waals surface area contributed by atoms with E-state index < -0.39 is 0 Å². The number of benzene rings is 1. The molecule has 0 spiro atoms. The fraction of sp³-hybridized carbons (Fsp3) is 0.462. The molecule has 2 heterocycles. The van der Waals surface area contributed by atoms with Gasteiger partial charge in [0.15, 0.2) is 0 Å². The van der Waals surface area contributed by atoms with Gasteiger partial charge in [-0.25, -0.2) is 9.37 Å². The van der Waals surface area contributed by atoms with E-state index in [1.54, 1.807) is 12.1 Å². The number of hydrogen-bond donors (Lipinski definition) is 0. The average molecular weight is 269 g/mol. The molecule has 1 unspecified atom stereocenters. The van der Waals surface area contributed by atoms with Crippen LogP contribution >= 0.6 is 11.6 Å². The van der Waals surface area contributed by atoms with Gasteiger partial charge in [0.05, 0.1) is 23.7 Å². The maximum absolute atomic E-state index is 13.4. The fourth-order valence-corrected chi connectivity index (χ4v) is 2.68. The van der Waals surface area contributed by atoms with Crippen molar-refractivity contribution in [2.45, 2.75) is 18.9 Å². The summed E-state index contributed by atoms with van der Waals surface area (Å²) < 4.78 is 20.9. The average Bonchev–Trinajstić information content (AvgIpc) is 2.95. The van der Waals surface area contributed by atoms with Gasteiger partial charge in [-0.1, -0.05) is 0 Å². The quantitative estimate of drug-likeness (QED) is 0.801. The van der Waals surface area contributed by atoms with Crippen LogP contribution in [0.5, 0.6) is 0 Å². The standard InChI is InChI=1S/C13H14ClFN2O/c14-5-3-13-16-11-2-1-9(15)7-12(11)17(13)10-4-6-18-8-10/h1-2,7,10H,3-6,8H2. The van der Waals surface area contributed by atoms with Crippen molar-refractivity contribution < 1.29 is 9.13 Å². The summed E-state index contributed by atoms with van der Waals surface area (Å²) in [6, 6.07) is 4.94. The van der Waals surface area contributed by atoms with Gasteiger partial charge in [0.1, 0.15) is 11.6 Å². The van der Waals surface area contributed by atoms with Gasteiger partial charge in [-0.2, -0.15) is 0 Å². The predicted molar refractivity (Wildman–Crippen MR) is 68.6 cm³/mol. The van der Waals surface area contributed by atoms with Crippen LogP contribution in [-0.2, 0) is 11.2 Å². The molecular weight excluding hydrogens is 255 g/mol. The molecule has 0 amide bonds. The number of hydrogen-bond acceptors (Lipinski definition) is 2. The summed E-state index contributed by atoms with van der Waals surface area (Å²) in [6.45, 7) is 1.41. The highest BCUT2D eigenvalue weighted by atomic mass is 35.5. The molecular formula is C13H14ClFN2O. The molecule has 1 aliphatic rings. The molecule has 0 aliphatic carbocycles. The highest BCUT2D eigenvalue weighted by Crippen LogP contribution is 2.27. The highest BCUT2D eigenvalue weighted by molar-refractivity contribution is 6.17. The lowest BCUT2D eigenvalue weighted by molar-refractivity contribution is 0.186. The minimum absolute atomic E-state index is 0.236. The minimum atomic E-state index is -0.236. The number of fused-ring (bicyclic) bond motifs is 1. The number of rotatable bonds is 3. The molecule has 0 bridgehead atoms. The number of imidazole rings is 1. The Morgan fingerprint density at radius 2 is 2.39 bits per heavy atom. The number of alkyl halides is 1. The highest BCUT2D eigenvalue weighted by Gasteiger charge is 2.23. The van der Waals surface area contributed by atoms with Crippen LogP contribution in [-0.4, -0.2) is 28.6 Å². The maximum Gasteiger partial charge on any atom is 0.125 e. The lowest BCUT2D eigenvalue weighted by atomic mass is 10.2. The van der Waals surface area contributed by atoms with Gasteiger partial charge < -0.3 is 9.30 Å². The molecule has 0 radical (unpaired) electrons. The zero-order chi connectivity index (χ0) is 12.5. The normalized spacial score (nSPS) is 19.8. The fourth-order valence-electron chi connectivity index (χ4n) is 2.51. The summed E-state index contributed by atoms with van der Waals surface area (Å²) in [6.07, 6.45) is 1.63.